The average Bonchev–Trinajstić information content (AvgIpc) is 3.03. The van der Waals surface area contributed by atoms with Crippen LogP contribution in [0.2, 0.25) is 0 Å². The molecular formula is C19H17N5O3. The molecule has 27 heavy (non-hydrogen) atoms. The van der Waals surface area contributed by atoms with Crippen molar-refractivity contribution in [2.45, 2.75) is 19.4 Å². The quantitative estimate of drug-likeness (QED) is 0.743. The predicted molar refractivity (Wildman–Crippen MR) is 98.6 cm³/mol. The van der Waals surface area contributed by atoms with Gasteiger partial charge in [-0.1, -0.05) is 18.2 Å². The van der Waals surface area contributed by atoms with Crippen LogP contribution in [-0.2, 0) is 9.59 Å². The number of benzene rings is 2. The summed E-state index contributed by atoms with van der Waals surface area (Å²) in [6.45, 7) is 1.71. The molecule has 3 aromatic rings. The molecule has 0 aliphatic carbocycles. The van der Waals surface area contributed by atoms with Crippen molar-refractivity contribution in [2.75, 3.05) is 10.6 Å². The molecule has 0 bridgehead atoms. The number of hydrogen-bond acceptors (Lipinski definition) is 5. The van der Waals surface area contributed by atoms with Crippen LogP contribution in [0, 0.1) is 6.92 Å². The first kappa shape index (κ1) is 16.8. The Kier molecular flexibility index (Phi) is 4.29. The summed E-state index contributed by atoms with van der Waals surface area (Å²) >= 11 is 0. The molecule has 2 heterocycles. The number of fused-ring (bicyclic) bond motifs is 1. The van der Waals surface area contributed by atoms with Crippen LogP contribution in [0.3, 0.4) is 0 Å². The Hall–Kier alpha value is -3.68. The molecule has 0 saturated heterocycles. The molecule has 8 nitrogen and oxygen atoms in total. The van der Waals surface area contributed by atoms with Crippen molar-refractivity contribution in [3.05, 3.63) is 60.4 Å². The Morgan fingerprint density at radius 1 is 1.15 bits per heavy atom. The first-order chi connectivity index (χ1) is 13.1. The molecule has 8 heteroatoms. The van der Waals surface area contributed by atoms with Gasteiger partial charge < -0.3 is 10.1 Å². The maximum absolute atomic E-state index is 12.7. The Morgan fingerprint density at radius 2 is 1.85 bits per heavy atom. The fourth-order valence-electron chi connectivity index (χ4n) is 2.83. The van der Waals surface area contributed by atoms with E-state index in [1.807, 2.05) is 30.3 Å². The van der Waals surface area contributed by atoms with Gasteiger partial charge in [0.15, 0.2) is 0 Å². The van der Waals surface area contributed by atoms with E-state index in [4.69, 9.17) is 4.74 Å². The SMILES string of the molecule is Cc1nc2n(n1)[C@H](C(=O)Nc1ccc(Oc3ccccc3)cc1)CC(=O)N2. The second-order valence-corrected chi connectivity index (χ2v) is 6.12. The van der Waals surface area contributed by atoms with Gasteiger partial charge in [0.1, 0.15) is 23.4 Å². The van der Waals surface area contributed by atoms with Crippen molar-refractivity contribution in [3.63, 3.8) is 0 Å². The van der Waals surface area contributed by atoms with E-state index in [9.17, 15) is 9.59 Å². The molecule has 136 valence electrons. The molecule has 2 aromatic carbocycles. The lowest BCUT2D eigenvalue weighted by molar-refractivity contribution is -0.125. The summed E-state index contributed by atoms with van der Waals surface area (Å²) in [6.07, 6.45) is 0.0107. The molecule has 1 aromatic heterocycles. The highest BCUT2D eigenvalue weighted by Gasteiger charge is 2.32. The minimum atomic E-state index is -0.741. The topological polar surface area (TPSA) is 98.1 Å². The van der Waals surface area contributed by atoms with Crippen LogP contribution in [0.25, 0.3) is 0 Å². The van der Waals surface area contributed by atoms with Gasteiger partial charge in [0.2, 0.25) is 17.8 Å². The van der Waals surface area contributed by atoms with Gasteiger partial charge in [-0.05, 0) is 43.3 Å². The smallest absolute Gasteiger partial charge is 0.249 e. The Balaban J connectivity index is 1.46. The molecule has 0 spiro atoms. The number of anilines is 2. The summed E-state index contributed by atoms with van der Waals surface area (Å²) in [7, 11) is 0. The monoisotopic (exact) mass is 363 g/mol. The van der Waals surface area contributed by atoms with Gasteiger partial charge in [-0.2, -0.15) is 10.1 Å². The third-order valence-electron chi connectivity index (χ3n) is 4.07. The number of nitrogens with one attached hydrogen (secondary N) is 2. The van der Waals surface area contributed by atoms with E-state index in [2.05, 4.69) is 20.7 Å². The summed E-state index contributed by atoms with van der Waals surface area (Å²) in [4.78, 5) is 28.6. The van der Waals surface area contributed by atoms with Gasteiger partial charge in [-0.3, -0.25) is 14.9 Å². The zero-order chi connectivity index (χ0) is 18.8. The molecule has 4 rings (SSSR count). The first-order valence-corrected chi connectivity index (χ1v) is 8.45. The highest BCUT2D eigenvalue weighted by atomic mass is 16.5. The summed E-state index contributed by atoms with van der Waals surface area (Å²) in [5.41, 5.74) is 0.602. The predicted octanol–water partition coefficient (Wildman–Crippen LogP) is 2.90. The molecule has 0 radical (unpaired) electrons. The zero-order valence-corrected chi connectivity index (χ0v) is 14.5. The van der Waals surface area contributed by atoms with Crippen molar-refractivity contribution in [2.24, 2.45) is 0 Å². The maximum Gasteiger partial charge on any atom is 0.249 e. The number of rotatable bonds is 4. The highest BCUT2D eigenvalue weighted by molar-refractivity contribution is 6.00. The lowest BCUT2D eigenvalue weighted by Crippen LogP contribution is -2.36. The number of carbonyl (C=O) groups is 2. The van der Waals surface area contributed by atoms with E-state index in [-0.39, 0.29) is 24.2 Å². The minimum Gasteiger partial charge on any atom is -0.457 e. The number of aromatic nitrogens is 3. The Bertz CT molecular complexity index is 982. The van der Waals surface area contributed by atoms with Crippen LogP contribution in [-0.4, -0.2) is 26.6 Å². The van der Waals surface area contributed by atoms with Gasteiger partial charge in [0.05, 0.1) is 6.42 Å². The first-order valence-electron chi connectivity index (χ1n) is 8.45. The normalized spacial score (nSPS) is 15.6. The highest BCUT2D eigenvalue weighted by Crippen LogP contribution is 2.26. The van der Waals surface area contributed by atoms with Crippen LogP contribution < -0.4 is 15.4 Å². The lowest BCUT2D eigenvalue weighted by atomic mass is 10.1. The maximum atomic E-state index is 12.7. The second-order valence-electron chi connectivity index (χ2n) is 6.12. The van der Waals surface area contributed by atoms with Crippen LogP contribution in [0.4, 0.5) is 11.6 Å². The molecule has 1 aliphatic heterocycles. The van der Waals surface area contributed by atoms with Gasteiger partial charge in [0, 0.05) is 5.69 Å². The summed E-state index contributed by atoms with van der Waals surface area (Å²) in [6, 6.07) is 15.7. The van der Waals surface area contributed by atoms with Crippen LogP contribution >= 0.6 is 0 Å². The average molecular weight is 363 g/mol. The number of ether oxygens (including phenoxy) is 1. The number of carbonyl (C=O) groups excluding carboxylic acids is 2. The van der Waals surface area contributed by atoms with Crippen molar-refractivity contribution in [1.82, 2.24) is 14.8 Å². The number of aryl methyl sites for hydroxylation is 1. The van der Waals surface area contributed by atoms with Gasteiger partial charge in [0.25, 0.3) is 0 Å². The van der Waals surface area contributed by atoms with E-state index < -0.39 is 6.04 Å². The molecule has 2 amide bonds. The lowest BCUT2D eigenvalue weighted by Gasteiger charge is -2.22. The summed E-state index contributed by atoms with van der Waals surface area (Å²) in [5.74, 6) is 1.58. The Labute approximate surface area is 155 Å². The standard InChI is InChI=1S/C19H17N5O3/c1-12-20-19-22-17(25)11-16(24(19)23-12)18(26)21-13-7-9-15(10-8-13)27-14-5-3-2-4-6-14/h2-10,16H,11H2,1H3,(H,21,26)(H,20,22,23,25)/t16-/m0/s1. The van der Waals surface area contributed by atoms with Gasteiger partial charge >= 0.3 is 0 Å². The Morgan fingerprint density at radius 3 is 2.59 bits per heavy atom. The van der Waals surface area contributed by atoms with E-state index in [1.165, 1.54) is 4.68 Å². The third kappa shape index (κ3) is 3.64. The van der Waals surface area contributed by atoms with E-state index in [0.29, 0.717) is 17.3 Å². The second kappa shape index (κ2) is 6.91. The van der Waals surface area contributed by atoms with Crippen molar-refractivity contribution < 1.29 is 14.3 Å². The van der Waals surface area contributed by atoms with Gasteiger partial charge in [-0.15, -0.1) is 0 Å². The van der Waals surface area contributed by atoms with E-state index >= 15 is 0 Å². The summed E-state index contributed by atoms with van der Waals surface area (Å²) in [5, 5.41) is 9.62. The molecule has 0 unspecified atom stereocenters. The fraction of sp³-hybridized carbons (Fsp3) is 0.158. The molecule has 0 fully saturated rings. The third-order valence-corrected chi connectivity index (χ3v) is 4.07. The van der Waals surface area contributed by atoms with E-state index in [0.717, 1.165) is 5.75 Å². The molecule has 0 saturated carbocycles. The van der Waals surface area contributed by atoms with Crippen molar-refractivity contribution in [1.29, 1.82) is 0 Å². The van der Waals surface area contributed by atoms with Crippen molar-refractivity contribution >= 4 is 23.5 Å². The summed E-state index contributed by atoms with van der Waals surface area (Å²) < 4.78 is 7.17. The largest absolute Gasteiger partial charge is 0.457 e. The number of para-hydroxylation sites is 1. The fourth-order valence-corrected chi connectivity index (χ4v) is 2.83. The van der Waals surface area contributed by atoms with Gasteiger partial charge in [-0.25, -0.2) is 4.68 Å². The van der Waals surface area contributed by atoms with Crippen molar-refractivity contribution in [3.8, 4) is 11.5 Å². The van der Waals surface area contributed by atoms with E-state index in [1.54, 1.807) is 31.2 Å². The molecule has 1 atom stereocenters. The minimum absolute atomic E-state index is 0.0107. The molecule has 1 aliphatic rings. The van der Waals surface area contributed by atoms with Crippen LogP contribution in [0.5, 0.6) is 11.5 Å². The number of hydrogen-bond donors (Lipinski definition) is 2. The van der Waals surface area contributed by atoms with Crippen LogP contribution in [0.1, 0.15) is 18.3 Å². The molecular weight excluding hydrogens is 346 g/mol. The zero-order valence-electron chi connectivity index (χ0n) is 14.5. The van der Waals surface area contributed by atoms with Crippen LogP contribution in [0.15, 0.2) is 54.6 Å². The number of nitrogens with zero attached hydrogens (tertiary/aromatic N) is 3. The number of amides is 2. The molecule has 2 N–H and O–H groups in total.